The first-order valence-corrected chi connectivity index (χ1v) is 15.0. The average molecular weight is 554 g/mol. The molecule has 1 heteroatoms. The second-order valence-corrected chi connectivity index (χ2v) is 11.7. The first-order valence-electron chi connectivity index (χ1n) is 15.0. The van der Waals surface area contributed by atoms with Crippen LogP contribution in [-0.2, 0) is 16.8 Å². The molecule has 6 aromatic rings. The van der Waals surface area contributed by atoms with Crippen LogP contribution in [0, 0.1) is 0 Å². The fourth-order valence-electron chi connectivity index (χ4n) is 7.76. The molecule has 2 aliphatic carbocycles. The summed E-state index contributed by atoms with van der Waals surface area (Å²) in [6.45, 7) is 0. The third-order valence-electron chi connectivity index (χ3n) is 9.48. The van der Waals surface area contributed by atoms with E-state index in [1.807, 2.05) is 0 Å². The van der Waals surface area contributed by atoms with Gasteiger partial charge >= 0.3 is 0 Å². The molecular weight excluding hydrogens is 515 g/mol. The Bertz CT molecular complexity index is 1450. The molecule has 0 spiro atoms. The first kappa shape index (κ1) is 26.4. The molecule has 2 aliphatic rings. The van der Waals surface area contributed by atoms with Crippen molar-refractivity contribution in [2.75, 3.05) is 0 Å². The van der Waals surface area contributed by atoms with E-state index in [0.29, 0.717) is 0 Å². The molecule has 2 fully saturated rings. The molecule has 6 aromatic carbocycles. The normalized spacial score (nSPS) is 16.8. The van der Waals surface area contributed by atoms with E-state index in [1.54, 1.807) is 11.1 Å². The predicted molar refractivity (Wildman–Crippen MR) is 166 cm³/mol. The minimum absolute atomic E-state index is 0. The van der Waals surface area contributed by atoms with Gasteiger partial charge in [-0.15, -0.1) is 78.5 Å². The van der Waals surface area contributed by atoms with Gasteiger partial charge in [0.05, 0.1) is 0 Å². The van der Waals surface area contributed by atoms with Crippen LogP contribution in [0.2, 0.25) is 0 Å². The fraction of sp³-hybridized carbons (Fsp3) is 0.316. The van der Waals surface area contributed by atoms with Crippen LogP contribution in [0.15, 0.2) is 97.1 Å². The van der Waals surface area contributed by atoms with Crippen molar-refractivity contribution in [2.24, 2.45) is 0 Å². The summed E-state index contributed by atoms with van der Waals surface area (Å²) in [5, 5.41) is 11.8. The van der Waals surface area contributed by atoms with Crippen molar-refractivity contribution >= 4 is 43.1 Å². The van der Waals surface area contributed by atoms with Gasteiger partial charge in [0.2, 0.25) is 0 Å². The largest absolute Gasteiger partial charge is 0.120 e. The van der Waals surface area contributed by atoms with E-state index < -0.39 is 0 Å². The Balaban J connectivity index is 0.000000138. The maximum absolute atomic E-state index is 2.32. The van der Waals surface area contributed by atoms with Crippen molar-refractivity contribution in [3.8, 4) is 0 Å². The molecule has 0 atom stereocenters. The summed E-state index contributed by atoms with van der Waals surface area (Å²) in [7, 11) is 0. The van der Waals surface area contributed by atoms with Gasteiger partial charge in [-0.3, -0.25) is 0 Å². The summed E-state index contributed by atoms with van der Waals surface area (Å²) in [6, 6.07) is 35.8. The van der Waals surface area contributed by atoms with Crippen LogP contribution in [0.1, 0.15) is 87.2 Å². The van der Waals surface area contributed by atoms with Gasteiger partial charge in [0.15, 0.2) is 0 Å². The molecule has 0 bridgehead atoms. The molecule has 0 amide bonds. The fourth-order valence-corrected chi connectivity index (χ4v) is 7.76. The second-order valence-electron chi connectivity index (χ2n) is 11.7. The summed E-state index contributed by atoms with van der Waals surface area (Å²) in [5.41, 5.74) is 3.26. The molecular formula is C38H38Co-2. The molecule has 0 unspecified atom stereocenters. The van der Waals surface area contributed by atoms with Crippen LogP contribution in [0.5, 0.6) is 0 Å². The molecule has 0 aliphatic heterocycles. The van der Waals surface area contributed by atoms with Crippen LogP contribution in [0.4, 0.5) is 0 Å². The first-order chi connectivity index (χ1) is 18.9. The van der Waals surface area contributed by atoms with E-state index >= 15 is 0 Å². The molecule has 0 heterocycles. The van der Waals surface area contributed by atoms with Crippen molar-refractivity contribution in [3.63, 3.8) is 0 Å². The zero-order chi connectivity index (χ0) is 25.3. The van der Waals surface area contributed by atoms with Crippen LogP contribution in [0.25, 0.3) is 43.1 Å². The Morgan fingerprint density at radius 3 is 0.897 bits per heavy atom. The molecule has 8 rings (SSSR count). The summed E-state index contributed by atoms with van der Waals surface area (Å²) >= 11 is 0. The van der Waals surface area contributed by atoms with Crippen LogP contribution < -0.4 is 0 Å². The predicted octanol–water partition coefficient (Wildman–Crippen LogP) is 11.5. The number of fused-ring (bicyclic) bond motifs is 6. The summed E-state index contributed by atoms with van der Waals surface area (Å²) < 4.78 is 0. The number of hydrogen-bond donors (Lipinski definition) is 0. The van der Waals surface area contributed by atoms with Crippen molar-refractivity contribution in [3.05, 3.63) is 108 Å². The van der Waals surface area contributed by atoms with Gasteiger partial charge in [0.1, 0.15) is 0 Å². The van der Waals surface area contributed by atoms with Gasteiger partial charge in [-0.25, -0.2) is 0 Å². The number of rotatable bonds is 2. The van der Waals surface area contributed by atoms with Gasteiger partial charge in [-0.1, -0.05) is 137 Å². The molecule has 0 N–H and O–H groups in total. The van der Waals surface area contributed by atoms with Crippen LogP contribution in [-0.4, -0.2) is 0 Å². The van der Waals surface area contributed by atoms with Crippen molar-refractivity contribution < 1.29 is 16.8 Å². The molecule has 201 valence electrons. The van der Waals surface area contributed by atoms with E-state index in [0.717, 1.165) is 11.8 Å². The third kappa shape index (κ3) is 4.85. The molecule has 2 saturated carbocycles. The smallest absolute Gasteiger partial charge is 0 e. The van der Waals surface area contributed by atoms with Crippen molar-refractivity contribution in [2.45, 2.75) is 76.0 Å². The van der Waals surface area contributed by atoms with Crippen LogP contribution >= 0.6 is 0 Å². The summed E-state index contributed by atoms with van der Waals surface area (Å²) in [6.07, 6.45) is 13.9. The monoisotopic (exact) mass is 553 g/mol. The van der Waals surface area contributed by atoms with Gasteiger partial charge in [0, 0.05) is 16.8 Å². The Kier molecular flexibility index (Phi) is 7.91. The number of hydrogen-bond acceptors (Lipinski definition) is 0. The molecule has 0 saturated heterocycles. The Morgan fingerprint density at radius 1 is 0.359 bits per heavy atom. The van der Waals surface area contributed by atoms with Gasteiger partial charge in [-0.2, -0.15) is 0 Å². The molecule has 0 aromatic heterocycles. The minimum atomic E-state index is 0. The van der Waals surface area contributed by atoms with Gasteiger partial charge in [-0.05, 0) is 11.8 Å². The maximum atomic E-state index is 2.32. The summed E-state index contributed by atoms with van der Waals surface area (Å²) in [4.78, 5) is 0. The minimum Gasteiger partial charge on any atom is -0.120 e. The second kappa shape index (κ2) is 11.7. The standard InChI is InChI=1S/2C19H19.Co/c2*1-2-8-14(9-3-1)19-17-12-6-4-10-15(17)16-11-5-7-13-18(16)19;/h2*4-7,10-14H,1-3,8-9H2;/q2*-1;. The zero-order valence-electron chi connectivity index (χ0n) is 22.8. The van der Waals surface area contributed by atoms with E-state index in [1.165, 1.54) is 107 Å². The number of benzene rings is 4. The van der Waals surface area contributed by atoms with E-state index in [2.05, 4.69) is 97.1 Å². The Morgan fingerprint density at radius 2 is 0.615 bits per heavy atom. The molecule has 0 nitrogen and oxygen atoms in total. The van der Waals surface area contributed by atoms with E-state index in [9.17, 15) is 0 Å². The van der Waals surface area contributed by atoms with Gasteiger partial charge < -0.3 is 0 Å². The van der Waals surface area contributed by atoms with Crippen LogP contribution in [0.3, 0.4) is 0 Å². The maximum Gasteiger partial charge on any atom is 0 e. The Hall–Kier alpha value is -2.87. The summed E-state index contributed by atoms with van der Waals surface area (Å²) in [5.74, 6) is 1.55. The SMILES string of the molecule is [Co].c1ccc2c(c1)c1ccccc1[c-]2C1CCCCC1.c1ccc2c(c1)c1ccccc1[c-]2C1CCCCC1. The molecule has 1 radical (unpaired) electrons. The van der Waals surface area contributed by atoms with Crippen molar-refractivity contribution in [1.82, 2.24) is 0 Å². The molecule has 39 heavy (non-hydrogen) atoms. The quantitative estimate of drug-likeness (QED) is 0.187. The Labute approximate surface area is 243 Å². The zero-order valence-corrected chi connectivity index (χ0v) is 23.8. The van der Waals surface area contributed by atoms with Crippen molar-refractivity contribution in [1.29, 1.82) is 0 Å². The van der Waals surface area contributed by atoms with Gasteiger partial charge in [0.25, 0.3) is 0 Å². The van der Waals surface area contributed by atoms with E-state index in [4.69, 9.17) is 0 Å². The third-order valence-corrected chi connectivity index (χ3v) is 9.48. The topological polar surface area (TPSA) is 0 Å². The average Bonchev–Trinajstić information content (AvgIpc) is 3.52. The van der Waals surface area contributed by atoms with E-state index in [-0.39, 0.29) is 16.8 Å².